The number of carbonyl (C=O) groups excluding carboxylic acids is 1. The third-order valence-electron chi connectivity index (χ3n) is 3.66. The van der Waals surface area contributed by atoms with Gasteiger partial charge >= 0.3 is 5.97 Å². The van der Waals surface area contributed by atoms with Crippen molar-refractivity contribution in [3.8, 4) is 0 Å². The standard InChI is InChI=1S/C14H10ClF2N3O3/c15-7-4-9(17)8(16)3-6(7)13(21)20-2-1-10-11(19-5-18-10)12(20)14(22)23/h3-5,12H,1-2H2,(H,18,19)(H,22,23)/t12-/m0/s1. The number of hydrogen-bond acceptors (Lipinski definition) is 3. The molecular formula is C14H10ClF2N3O3. The van der Waals surface area contributed by atoms with Gasteiger partial charge in [-0.3, -0.25) is 4.79 Å². The molecule has 1 atom stereocenters. The lowest BCUT2D eigenvalue weighted by molar-refractivity contribution is -0.143. The van der Waals surface area contributed by atoms with Gasteiger partial charge in [-0.05, 0) is 12.1 Å². The van der Waals surface area contributed by atoms with Crippen LogP contribution in [-0.4, -0.2) is 38.4 Å². The van der Waals surface area contributed by atoms with Crippen molar-refractivity contribution >= 4 is 23.5 Å². The molecule has 6 nitrogen and oxygen atoms in total. The Morgan fingerprint density at radius 3 is 2.74 bits per heavy atom. The first-order chi connectivity index (χ1) is 10.9. The summed E-state index contributed by atoms with van der Waals surface area (Å²) < 4.78 is 26.5. The molecule has 0 bridgehead atoms. The van der Waals surface area contributed by atoms with E-state index in [1.54, 1.807) is 0 Å². The average Bonchev–Trinajstić information content (AvgIpc) is 2.97. The summed E-state index contributed by atoms with van der Waals surface area (Å²) in [6.45, 7) is 0.0836. The zero-order chi connectivity index (χ0) is 16.7. The number of nitrogens with one attached hydrogen (secondary N) is 1. The van der Waals surface area contributed by atoms with E-state index in [0.29, 0.717) is 24.2 Å². The Hall–Kier alpha value is -2.48. The third kappa shape index (κ3) is 2.55. The molecule has 1 aliphatic rings. The predicted molar refractivity (Wildman–Crippen MR) is 75.1 cm³/mol. The van der Waals surface area contributed by atoms with Crippen LogP contribution < -0.4 is 0 Å². The largest absolute Gasteiger partial charge is 0.479 e. The molecule has 9 heteroatoms. The van der Waals surface area contributed by atoms with Crippen molar-refractivity contribution in [2.75, 3.05) is 6.54 Å². The van der Waals surface area contributed by atoms with Crippen LogP contribution >= 0.6 is 11.6 Å². The van der Waals surface area contributed by atoms with E-state index in [-0.39, 0.29) is 22.8 Å². The number of H-pyrrole nitrogens is 1. The summed E-state index contributed by atoms with van der Waals surface area (Å²) in [5.41, 5.74) is 0.546. The molecule has 1 aliphatic heterocycles. The van der Waals surface area contributed by atoms with E-state index in [1.165, 1.54) is 6.33 Å². The molecule has 1 aromatic heterocycles. The molecule has 0 saturated heterocycles. The van der Waals surface area contributed by atoms with Gasteiger partial charge in [-0.2, -0.15) is 0 Å². The van der Waals surface area contributed by atoms with Crippen LogP contribution in [0.5, 0.6) is 0 Å². The molecule has 0 fully saturated rings. The van der Waals surface area contributed by atoms with Gasteiger partial charge in [-0.1, -0.05) is 11.6 Å². The van der Waals surface area contributed by atoms with Crippen molar-refractivity contribution in [1.29, 1.82) is 0 Å². The van der Waals surface area contributed by atoms with Crippen LogP contribution in [0.2, 0.25) is 5.02 Å². The highest BCUT2D eigenvalue weighted by molar-refractivity contribution is 6.33. The number of fused-ring (bicyclic) bond motifs is 1. The van der Waals surface area contributed by atoms with Gasteiger partial charge in [0.15, 0.2) is 17.7 Å². The van der Waals surface area contributed by atoms with Crippen LogP contribution in [0.1, 0.15) is 27.8 Å². The molecule has 0 radical (unpaired) electrons. The van der Waals surface area contributed by atoms with Crippen LogP contribution in [0.15, 0.2) is 18.5 Å². The van der Waals surface area contributed by atoms with Gasteiger partial charge in [0.2, 0.25) is 0 Å². The molecule has 0 aliphatic carbocycles. The highest BCUT2D eigenvalue weighted by Gasteiger charge is 2.38. The highest BCUT2D eigenvalue weighted by Crippen LogP contribution is 2.31. The summed E-state index contributed by atoms with van der Waals surface area (Å²) in [6, 6.07) is 0.0321. The van der Waals surface area contributed by atoms with Crippen LogP contribution in [0.3, 0.4) is 0 Å². The van der Waals surface area contributed by atoms with Crippen LogP contribution in [0, 0.1) is 11.6 Å². The van der Waals surface area contributed by atoms with Crippen molar-refractivity contribution in [1.82, 2.24) is 14.9 Å². The van der Waals surface area contributed by atoms with Crippen LogP contribution in [0.4, 0.5) is 8.78 Å². The molecule has 120 valence electrons. The molecule has 0 saturated carbocycles. The van der Waals surface area contributed by atoms with Crippen LogP contribution in [0.25, 0.3) is 0 Å². The van der Waals surface area contributed by atoms with E-state index in [2.05, 4.69) is 9.97 Å². The SMILES string of the molecule is O=C(O)[C@@H]1c2nc[nH]c2CCN1C(=O)c1cc(F)c(F)cc1Cl. The average molecular weight is 342 g/mol. The molecule has 3 rings (SSSR count). The maximum atomic E-state index is 13.4. The van der Waals surface area contributed by atoms with Gasteiger partial charge in [0.1, 0.15) is 0 Å². The summed E-state index contributed by atoms with van der Waals surface area (Å²) in [5.74, 6) is -4.49. The van der Waals surface area contributed by atoms with E-state index >= 15 is 0 Å². The quantitative estimate of drug-likeness (QED) is 0.820. The minimum Gasteiger partial charge on any atom is -0.479 e. The fraction of sp³-hybridized carbons (Fsp3) is 0.214. The molecule has 23 heavy (non-hydrogen) atoms. The Bertz CT molecular complexity index is 809. The van der Waals surface area contributed by atoms with Gasteiger partial charge in [0.05, 0.1) is 22.6 Å². The van der Waals surface area contributed by atoms with Crippen molar-refractivity contribution in [3.05, 3.63) is 52.1 Å². The van der Waals surface area contributed by atoms with Crippen molar-refractivity contribution in [2.24, 2.45) is 0 Å². The molecule has 1 amide bonds. The van der Waals surface area contributed by atoms with Crippen molar-refractivity contribution in [3.63, 3.8) is 0 Å². The number of hydrogen-bond donors (Lipinski definition) is 2. The van der Waals surface area contributed by atoms with Gasteiger partial charge in [0.25, 0.3) is 5.91 Å². The minimum absolute atomic E-state index is 0.0836. The number of nitrogens with zero attached hydrogens (tertiary/aromatic N) is 2. The van der Waals surface area contributed by atoms with E-state index < -0.39 is 29.6 Å². The second-order valence-corrected chi connectivity index (χ2v) is 5.41. The topological polar surface area (TPSA) is 86.3 Å². The van der Waals surface area contributed by atoms with Gasteiger partial charge < -0.3 is 15.0 Å². The van der Waals surface area contributed by atoms with Crippen LogP contribution in [-0.2, 0) is 11.2 Å². The van der Waals surface area contributed by atoms with Crippen molar-refractivity contribution < 1.29 is 23.5 Å². The van der Waals surface area contributed by atoms with Gasteiger partial charge in [-0.15, -0.1) is 0 Å². The van der Waals surface area contributed by atoms with E-state index in [9.17, 15) is 23.5 Å². The first kappa shape index (κ1) is 15.4. The fourth-order valence-electron chi connectivity index (χ4n) is 2.59. The number of amides is 1. The van der Waals surface area contributed by atoms with E-state index in [1.807, 2.05) is 0 Å². The molecule has 2 N–H and O–H groups in total. The Morgan fingerprint density at radius 2 is 2.04 bits per heavy atom. The monoisotopic (exact) mass is 341 g/mol. The molecular weight excluding hydrogens is 332 g/mol. The lowest BCUT2D eigenvalue weighted by atomic mass is 10.0. The highest BCUT2D eigenvalue weighted by atomic mass is 35.5. The maximum absolute atomic E-state index is 13.4. The number of carbonyl (C=O) groups is 2. The summed E-state index contributed by atoms with van der Waals surface area (Å²) in [7, 11) is 0. The lowest BCUT2D eigenvalue weighted by Crippen LogP contribution is -2.43. The molecule has 2 heterocycles. The number of aliphatic carboxylic acids is 1. The number of carboxylic acids is 1. The fourth-order valence-corrected chi connectivity index (χ4v) is 2.82. The summed E-state index contributed by atoms with van der Waals surface area (Å²) >= 11 is 5.80. The Morgan fingerprint density at radius 1 is 1.35 bits per heavy atom. The Labute approximate surface area is 133 Å². The van der Waals surface area contributed by atoms with Gasteiger partial charge in [-0.25, -0.2) is 18.6 Å². The van der Waals surface area contributed by atoms with E-state index in [0.717, 1.165) is 4.90 Å². The maximum Gasteiger partial charge on any atom is 0.332 e. The molecule has 0 unspecified atom stereocenters. The number of halogens is 3. The second-order valence-electron chi connectivity index (χ2n) is 5.00. The summed E-state index contributed by atoms with van der Waals surface area (Å²) in [6.07, 6.45) is 1.71. The number of imidazole rings is 1. The number of aromatic amines is 1. The van der Waals surface area contributed by atoms with Gasteiger partial charge in [0, 0.05) is 18.7 Å². The predicted octanol–water partition coefficient (Wildman–Crippen LogP) is 2.17. The second kappa shape index (κ2) is 5.62. The minimum atomic E-state index is -1.32. The zero-order valence-corrected chi connectivity index (χ0v) is 12.3. The first-order valence-corrected chi connectivity index (χ1v) is 6.98. The molecule has 0 spiro atoms. The smallest absolute Gasteiger partial charge is 0.332 e. The molecule has 2 aromatic rings. The Balaban J connectivity index is 2.02. The number of carboxylic acid groups (broad SMARTS) is 1. The number of benzene rings is 1. The summed E-state index contributed by atoms with van der Waals surface area (Å²) in [5, 5.41) is 9.14. The number of aromatic nitrogens is 2. The Kier molecular flexibility index (Phi) is 3.77. The third-order valence-corrected chi connectivity index (χ3v) is 3.97. The zero-order valence-electron chi connectivity index (χ0n) is 11.5. The lowest BCUT2D eigenvalue weighted by Gasteiger charge is -2.32. The normalized spacial score (nSPS) is 17.0. The van der Waals surface area contributed by atoms with Crippen molar-refractivity contribution in [2.45, 2.75) is 12.5 Å². The summed E-state index contributed by atoms with van der Waals surface area (Å²) in [4.78, 5) is 31.9. The first-order valence-electron chi connectivity index (χ1n) is 6.60. The molecule has 1 aromatic carbocycles. The number of rotatable bonds is 2. The van der Waals surface area contributed by atoms with E-state index in [4.69, 9.17) is 11.6 Å².